The maximum absolute atomic E-state index is 5.83. The van der Waals surface area contributed by atoms with Crippen molar-refractivity contribution in [2.24, 2.45) is 11.7 Å². The van der Waals surface area contributed by atoms with Crippen molar-refractivity contribution in [2.45, 2.75) is 39.2 Å². The maximum Gasteiger partial charge on any atom is 0.0516 e. The Kier molecular flexibility index (Phi) is 4.10. The summed E-state index contributed by atoms with van der Waals surface area (Å²) in [7, 11) is 0. The number of hydrogen-bond acceptors (Lipinski definition) is 2. The topological polar surface area (TPSA) is 38.0 Å². The second-order valence-corrected chi connectivity index (χ2v) is 5.97. The molecule has 0 bridgehead atoms. The van der Waals surface area contributed by atoms with Crippen molar-refractivity contribution in [1.29, 1.82) is 0 Å². The van der Waals surface area contributed by atoms with Crippen LogP contribution in [-0.2, 0) is 0 Å². The molecule has 2 atom stereocenters. The van der Waals surface area contributed by atoms with Crippen LogP contribution in [0.3, 0.4) is 0 Å². The Balaban J connectivity index is 2.18. The molecular formula is C14H21BrN2. The van der Waals surface area contributed by atoms with Gasteiger partial charge in [0.25, 0.3) is 0 Å². The minimum Gasteiger partial charge on any atom is -0.381 e. The molecule has 1 aliphatic rings. The molecule has 1 fully saturated rings. The van der Waals surface area contributed by atoms with E-state index in [1.165, 1.54) is 36.1 Å². The third-order valence-corrected chi connectivity index (χ3v) is 4.35. The molecule has 2 nitrogen and oxygen atoms in total. The quantitative estimate of drug-likeness (QED) is 0.894. The zero-order chi connectivity index (χ0) is 12.4. The van der Waals surface area contributed by atoms with E-state index in [-0.39, 0.29) is 0 Å². The zero-order valence-corrected chi connectivity index (χ0v) is 12.2. The van der Waals surface area contributed by atoms with Gasteiger partial charge in [-0.05, 0) is 72.3 Å². The monoisotopic (exact) mass is 296 g/mol. The highest BCUT2D eigenvalue weighted by molar-refractivity contribution is 9.10. The molecule has 2 unspecified atom stereocenters. The number of halogens is 1. The molecule has 1 aliphatic carbocycles. The first kappa shape index (κ1) is 12.9. The molecule has 3 heteroatoms. The number of nitrogens with two attached hydrogens (primary N) is 1. The molecule has 0 amide bonds. The summed E-state index contributed by atoms with van der Waals surface area (Å²) >= 11 is 3.65. The molecule has 1 aromatic rings. The largest absolute Gasteiger partial charge is 0.381 e. The van der Waals surface area contributed by atoms with Gasteiger partial charge in [-0.15, -0.1) is 0 Å². The van der Waals surface area contributed by atoms with Crippen molar-refractivity contribution >= 4 is 21.6 Å². The molecule has 0 aliphatic heterocycles. The van der Waals surface area contributed by atoms with E-state index in [4.69, 9.17) is 5.73 Å². The van der Waals surface area contributed by atoms with E-state index in [0.29, 0.717) is 12.0 Å². The fraction of sp³-hybridized carbons (Fsp3) is 0.571. The number of aryl methyl sites for hydroxylation is 2. The van der Waals surface area contributed by atoms with E-state index < -0.39 is 0 Å². The lowest BCUT2D eigenvalue weighted by molar-refractivity contribution is 0.516. The van der Waals surface area contributed by atoms with Crippen molar-refractivity contribution in [3.8, 4) is 0 Å². The molecule has 94 valence electrons. The summed E-state index contributed by atoms with van der Waals surface area (Å²) in [6.07, 6.45) is 3.79. The van der Waals surface area contributed by atoms with Crippen LogP contribution in [0.25, 0.3) is 0 Å². The number of rotatable bonds is 3. The Morgan fingerprint density at radius 3 is 2.76 bits per heavy atom. The van der Waals surface area contributed by atoms with Crippen LogP contribution in [0.4, 0.5) is 5.69 Å². The van der Waals surface area contributed by atoms with Crippen LogP contribution in [0.5, 0.6) is 0 Å². The lowest BCUT2D eigenvalue weighted by atomic mass is 10.0. The van der Waals surface area contributed by atoms with Gasteiger partial charge in [-0.25, -0.2) is 0 Å². The first-order valence-electron chi connectivity index (χ1n) is 6.35. The van der Waals surface area contributed by atoms with E-state index in [1.807, 2.05) is 0 Å². The lowest BCUT2D eigenvalue weighted by Crippen LogP contribution is -2.29. The molecule has 1 saturated carbocycles. The number of anilines is 1. The predicted octanol–water partition coefficient (Wildman–Crippen LogP) is 3.61. The van der Waals surface area contributed by atoms with Crippen LogP contribution in [0, 0.1) is 19.8 Å². The molecule has 17 heavy (non-hydrogen) atoms. The van der Waals surface area contributed by atoms with Gasteiger partial charge >= 0.3 is 0 Å². The van der Waals surface area contributed by atoms with E-state index in [9.17, 15) is 0 Å². The highest BCUT2D eigenvalue weighted by Crippen LogP contribution is 2.33. The minimum atomic E-state index is 0.540. The molecule has 1 aromatic carbocycles. The van der Waals surface area contributed by atoms with Crippen LogP contribution in [-0.4, -0.2) is 12.6 Å². The molecule has 0 spiro atoms. The molecule has 0 heterocycles. The maximum atomic E-state index is 5.83. The summed E-state index contributed by atoms with van der Waals surface area (Å²) in [4.78, 5) is 0. The van der Waals surface area contributed by atoms with E-state index in [1.54, 1.807) is 0 Å². The molecule has 0 aromatic heterocycles. The number of hydrogen-bond donors (Lipinski definition) is 2. The van der Waals surface area contributed by atoms with Gasteiger partial charge in [0.1, 0.15) is 0 Å². The highest BCUT2D eigenvalue weighted by Gasteiger charge is 2.26. The summed E-state index contributed by atoms with van der Waals surface area (Å²) in [6.45, 7) is 5.08. The SMILES string of the molecule is Cc1cc(C)c(NC2CCCC2CN)c(Br)c1. The second-order valence-electron chi connectivity index (χ2n) is 5.12. The van der Waals surface area contributed by atoms with Gasteiger partial charge < -0.3 is 11.1 Å². The van der Waals surface area contributed by atoms with Gasteiger partial charge in [0.15, 0.2) is 0 Å². The van der Waals surface area contributed by atoms with Gasteiger partial charge in [0, 0.05) is 10.5 Å². The second kappa shape index (κ2) is 5.40. The molecule has 3 N–H and O–H groups in total. The Morgan fingerprint density at radius 1 is 1.35 bits per heavy atom. The summed E-state index contributed by atoms with van der Waals surface area (Å²) in [5, 5.41) is 3.68. The fourth-order valence-electron chi connectivity index (χ4n) is 2.79. The molecular weight excluding hydrogens is 276 g/mol. The Hall–Kier alpha value is -0.540. The van der Waals surface area contributed by atoms with Crippen molar-refractivity contribution < 1.29 is 0 Å². The van der Waals surface area contributed by atoms with Gasteiger partial charge in [0.2, 0.25) is 0 Å². The van der Waals surface area contributed by atoms with E-state index in [0.717, 1.165) is 11.0 Å². The molecule has 0 saturated heterocycles. The molecule has 2 rings (SSSR count). The normalized spacial score (nSPS) is 24.0. The summed E-state index contributed by atoms with van der Waals surface area (Å²) < 4.78 is 1.16. The first-order valence-corrected chi connectivity index (χ1v) is 7.14. The van der Waals surface area contributed by atoms with Crippen LogP contribution in [0.1, 0.15) is 30.4 Å². The summed E-state index contributed by atoms with van der Waals surface area (Å²) in [6, 6.07) is 4.93. The van der Waals surface area contributed by atoms with Crippen molar-refractivity contribution in [2.75, 3.05) is 11.9 Å². The lowest BCUT2D eigenvalue weighted by Gasteiger charge is -2.23. The smallest absolute Gasteiger partial charge is 0.0516 e. The average Bonchev–Trinajstić information content (AvgIpc) is 2.70. The van der Waals surface area contributed by atoms with Crippen molar-refractivity contribution in [1.82, 2.24) is 0 Å². The minimum absolute atomic E-state index is 0.540. The fourth-order valence-corrected chi connectivity index (χ4v) is 3.58. The van der Waals surface area contributed by atoms with Crippen LogP contribution < -0.4 is 11.1 Å². The van der Waals surface area contributed by atoms with Crippen LogP contribution in [0.15, 0.2) is 16.6 Å². The first-order chi connectivity index (χ1) is 8.11. The van der Waals surface area contributed by atoms with Crippen LogP contribution >= 0.6 is 15.9 Å². The Labute approximate surface area is 112 Å². The zero-order valence-electron chi connectivity index (χ0n) is 10.6. The van der Waals surface area contributed by atoms with Crippen LogP contribution in [0.2, 0.25) is 0 Å². The van der Waals surface area contributed by atoms with E-state index >= 15 is 0 Å². The standard InChI is InChI=1S/C14H21BrN2/c1-9-6-10(2)14(12(15)7-9)17-13-5-3-4-11(13)8-16/h6-7,11,13,17H,3-5,8,16H2,1-2H3. The Bertz CT molecular complexity index is 380. The number of nitrogens with one attached hydrogen (secondary N) is 1. The predicted molar refractivity (Wildman–Crippen MR) is 77.4 cm³/mol. The third kappa shape index (κ3) is 2.83. The average molecular weight is 297 g/mol. The Morgan fingerprint density at radius 2 is 2.12 bits per heavy atom. The van der Waals surface area contributed by atoms with Crippen molar-refractivity contribution in [3.05, 3.63) is 27.7 Å². The summed E-state index contributed by atoms with van der Waals surface area (Å²) in [5.74, 6) is 0.627. The highest BCUT2D eigenvalue weighted by atomic mass is 79.9. The van der Waals surface area contributed by atoms with Gasteiger partial charge in [-0.3, -0.25) is 0 Å². The number of benzene rings is 1. The van der Waals surface area contributed by atoms with Crippen molar-refractivity contribution in [3.63, 3.8) is 0 Å². The van der Waals surface area contributed by atoms with Gasteiger partial charge in [-0.1, -0.05) is 12.5 Å². The molecule has 0 radical (unpaired) electrons. The summed E-state index contributed by atoms with van der Waals surface area (Å²) in [5.41, 5.74) is 9.66. The van der Waals surface area contributed by atoms with Gasteiger partial charge in [0.05, 0.1) is 5.69 Å². The van der Waals surface area contributed by atoms with E-state index in [2.05, 4.69) is 47.2 Å². The van der Waals surface area contributed by atoms with Gasteiger partial charge in [-0.2, -0.15) is 0 Å². The third-order valence-electron chi connectivity index (χ3n) is 3.72.